The van der Waals surface area contributed by atoms with E-state index in [1.165, 1.54) is 38.5 Å². The van der Waals surface area contributed by atoms with E-state index in [0.29, 0.717) is 25.2 Å². The van der Waals surface area contributed by atoms with Crippen molar-refractivity contribution in [2.24, 2.45) is 5.92 Å². The molecule has 1 aliphatic heterocycles. The van der Waals surface area contributed by atoms with Gasteiger partial charge < -0.3 is 15.4 Å². The predicted octanol–water partition coefficient (Wildman–Crippen LogP) is 1.84. The number of carbonyl (C=O) groups excluding carboxylic acids is 1. The van der Waals surface area contributed by atoms with Crippen molar-refractivity contribution >= 4 is 5.91 Å². The fourth-order valence-corrected chi connectivity index (χ4v) is 3.06. The Kier molecular flexibility index (Phi) is 6.11. The van der Waals surface area contributed by atoms with E-state index in [9.17, 15) is 4.79 Å². The number of hydrogen-bond donors (Lipinski definition) is 2. The molecule has 19 heavy (non-hydrogen) atoms. The Bertz CT molecular complexity index is 277. The van der Waals surface area contributed by atoms with Crippen LogP contribution in [-0.2, 0) is 9.53 Å². The summed E-state index contributed by atoms with van der Waals surface area (Å²) in [5.41, 5.74) is 0. The first-order valence-electron chi connectivity index (χ1n) is 7.88. The molecule has 1 heterocycles. The van der Waals surface area contributed by atoms with Gasteiger partial charge in [0.25, 0.3) is 0 Å². The number of rotatable bonds is 5. The van der Waals surface area contributed by atoms with Crippen molar-refractivity contribution in [2.75, 3.05) is 19.7 Å². The molecule has 2 N–H and O–H groups in total. The summed E-state index contributed by atoms with van der Waals surface area (Å²) in [7, 11) is 0. The summed E-state index contributed by atoms with van der Waals surface area (Å²) in [6, 6.07) is -0.00145. The summed E-state index contributed by atoms with van der Waals surface area (Å²) in [5.74, 6) is 0.786. The molecule has 2 fully saturated rings. The molecule has 110 valence electrons. The second-order valence-corrected chi connectivity index (χ2v) is 6.06. The lowest BCUT2D eigenvalue weighted by Crippen LogP contribution is -2.49. The minimum absolute atomic E-state index is 0.00145. The highest BCUT2D eigenvalue weighted by molar-refractivity contribution is 5.81. The summed E-state index contributed by atoms with van der Waals surface area (Å²) >= 11 is 0. The van der Waals surface area contributed by atoms with Gasteiger partial charge in [0.1, 0.15) is 0 Å². The van der Waals surface area contributed by atoms with Gasteiger partial charge in [0.15, 0.2) is 0 Å². The number of nitrogens with one attached hydrogen (secondary N) is 2. The molecule has 1 aliphatic carbocycles. The van der Waals surface area contributed by atoms with Crippen LogP contribution in [0, 0.1) is 5.92 Å². The lowest BCUT2D eigenvalue weighted by atomic mass is 9.94. The minimum Gasteiger partial charge on any atom is -0.376 e. The molecule has 4 heteroatoms. The monoisotopic (exact) mass is 268 g/mol. The number of carbonyl (C=O) groups is 1. The molecule has 0 aromatic rings. The second-order valence-electron chi connectivity index (χ2n) is 6.06. The maximum Gasteiger partial charge on any atom is 0.237 e. The Balaban J connectivity index is 1.55. The maximum atomic E-state index is 12.0. The molecule has 2 rings (SSSR count). The lowest BCUT2D eigenvalue weighted by molar-refractivity contribution is -0.124. The summed E-state index contributed by atoms with van der Waals surface area (Å²) in [6.07, 6.45) is 8.87. The van der Waals surface area contributed by atoms with Crippen LogP contribution in [0.1, 0.15) is 51.9 Å². The fraction of sp³-hybridized carbons (Fsp3) is 0.933. The Hall–Kier alpha value is -0.610. The van der Waals surface area contributed by atoms with Gasteiger partial charge in [0.2, 0.25) is 5.91 Å². The standard InChI is InChI=1S/C15H28N2O2/c1-12-7-8-16-14(11-12)15(18)17-9-10-19-13-5-3-2-4-6-13/h12-14,16H,2-11H2,1H3,(H,17,18). The van der Waals surface area contributed by atoms with Gasteiger partial charge in [-0.3, -0.25) is 4.79 Å². The molecule has 1 saturated carbocycles. The van der Waals surface area contributed by atoms with E-state index in [1.54, 1.807) is 0 Å². The first kappa shape index (κ1) is 14.8. The summed E-state index contributed by atoms with van der Waals surface area (Å²) in [4.78, 5) is 12.0. The zero-order chi connectivity index (χ0) is 13.5. The lowest BCUT2D eigenvalue weighted by Gasteiger charge is -2.27. The molecule has 2 unspecified atom stereocenters. The molecule has 1 saturated heterocycles. The molecule has 0 aromatic carbocycles. The number of amides is 1. The molecule has 4 nitrogen and oxygen atoms in total. The van der Waals surface area contributed by atoms with Gasteiger partial charge in [0.05, 0.1) is 18.8 Å². The van der Waals surface area contributed by atoms with Gasteiger partial charge in [-0.25, -0.2) is 0 Å². The molecule has 1 amide bonds. The average Bonchev–Trinajstić information content (AvgIpc) is 2.44. The van der Waals surface area contributed by atoms with Crippen LogP contribution in [0.3, 0.4) is 0 Å². The quantitative estimate of drug-likeness (QED) is 0.748. The third-order valence-corrected chi connectivity index (χ3v) is 4.29. The highest BCUT2D eigenvalue weighted by atomic mass is 16.5. The first-order chi connectivity index (χ1) is 9.25. The van der Waals surface area contributed by atoms with Gasteiger partial charge in [-0.1, -0.05) is 26.2 Å². The van der Waals surface area contributed by atoms with Crippen LogP contribution in [0.5, 0.6) is 0 Å². The van der Waals surface area contributed by atoms with E-state index in [0.717, 1.165) is 13.0 Å². The Morgan fingerprint density at radius 2 is 2.05 bits per heavy atom. The number of ether oxygens (including phenoxy) is 1. The van der Waals surface area contributed by atoms with E-state index >= 15 is 0 Å². The summed E-state index contributed by atoms with van der Waals surface area (Å²) in [5, 5.41) is 6.27. The van der Waals surface area contributed by atoms with E-state index in [1.807, 2.05) is 0 Å². The van der Waals surface area contributed by atoms with Crippen LogP contribution in [0.4, 0.5) is 0 Å². The third-order valence-electron chi connectivity index (χ3n) is 4.29. The van der Waals surface area contributed by atoms with Crippen LogP contribution < -0.4 is 10.6 Å². The van der Waals surface area contributed by atoms with Gasteiger partial charge >= 0.3 is 0 Å². The van der Waals surface area contributed by atoms with E-state index in [4.69, 9.17) is 4.74 Å². The van der Waals surface area contributed by atoms with Crippen molar-refractivity contribution < 1.29 is 9.53 Å². The highest BCUT2D eigenvalue weighted by Gasteiger charge is 2.24. The summed E-state index contributed by atoms with van der Waals surface area (Å²) < 4.78 is 5.81. The van der Waals surface area contributed by atoms with Crippen LogP contribution in [0.2, 0.25) is 0 Å². The van der Waals surface area contributed by atoms with Crippen molar-refractivity contribution in [2.45, 2.75) is 64.0 Å². The van der Waals surface area contributed by atoms with Gasteiger partial charge in [-0.2, -0.15) is 0 Å². The minimum atomic E-state index is -0.00145. The zero-order valence-corrected chi connectivity index (χ0v) is 12.1. The number of hydrogen-bond acceptors (Lipinski definition) is 3. The van der Waals surface area contributed by atoms with Crippen molar-refractivity contribution in [3.8, 4) is 0 Å². The molecule has 0 spiro atoms. The van der Waals surface area contributed by atoms with Crippen molar-refractivity contribution in [1.29, 1.82) is 0 Å². The topological polar surface area (TPSA) is 50.4 Å². The Morgan fingerprint density at radius 1 is 1.26 bits per heavy atom. The van der Waals surface area contributed by atoms with Crippen LogP contribution in [0.25, 0.3) is 0 Å². The first-order valence-corrected chi connectivity index (χ1v) is 7.88. The predicted molar refractivity (Wildman–Crippen MR) is 76.0 cm³/mol. The molecule has 0 radical (unpaired) electrons. The SMILES string of the molecule is CC1CCNC(C(=O)NCCOC2CCCCC2)C1. The van der Waals surface area contributed by atoms with Gasteiger partial charge in [-0.05, 0) is 38.1 Å². The van der Waals surface area contributed by atoms with Crippen molar-refractivity contribution in [3.05, 3.63) is 0 Å². The molecular formula is C15H28N2O2. The summed E-state index contributed by atoms with van der Waals surface area (Å²) in [6.45, 7) is 4.46. The molecule has 0 aromatic heterocycles. The second kappa shape index (κ2) is 7.85. The smallest absolute Gasteiger partial charge is 0.237 e. The Morgan fingerprint density at radius 3 is 2.79 bits per heavy atom. The maximum absolute atomic E-state index is 12.0. The molecule has 0 bridgehead atoms. The average molecular weight is 268 g/mol. The van der Waals surface area contributed by atoms with E-state index in [2.05, 4.69) is 17.6 Å². The fourth-order valence-electron chi connectivity index (χ4n) is 3.06. The van der Waals surface area contributed by atoms with Gasteiger partial charge in [-0.15, -0.1) is 0 Å². The van der Waals surface area contributed by atoms with E-state index in [-0.39, 0.29) is 11.9 Å². The van der Waals surface area contributed by atoms with Crippen molar-refractivity contribution in [1.82, 2.24) is 10.6 Å². The largest absolute Gasteiger partial charge is 0.376 e. The zero-order valence-electron chi connectivity index (χ0n) is 12.1. The Labute approximate surface area is 116 Å². The van der Waals surface area contributed by atoms with Crippen LogP contribution >= 0.6 is 0 Å². The highest BCUT2D eigenvalue weighted by Crippen LogP contribution is 2.20. The van der Waals surface area contributed by atoms with Crippen LogP contribution in [-0.4, -0.2) is 37.7 Å². The van der Waals surface area contributed by atoms with Gasteiger partial charge in [0, 0.05) is 6.54 Å². The van der Waals surface area contributed by atoms with Crippen LogP contribution in [0.15, 0.2) is 0 Å². The van der Waals surface area contributed by atoms with Crippen molar-refractivity contribution in [3.63, 3.8) is 0 Å². The molecular weight excluding hydrogens is 240 g/mol. The number of piperidine rings is 1. The van der Waals surface area contributed by atoms with E-state index < -0.39 is 0 Å². The normalized spacial score (nSPS) is 29.1. The molecule has 2 aliphatic rings. The third kappa shape index (κ3) is 5.11. The molecule has 2 atom stereocenters.